The summed E-state index contributed by atoms with van der Waals surface area (Å²) >= 11 is 0. The van der Waals surface area contributed by atoms with Crippen LogP contribution in [0.5, 0.6) is 0 Å². The molecule has 120 valence electrons. The summed E-state index contributed by atoms with van der Waals surface area (Å²) in [5.41, 5.74) is 3.78. The lowest BCUT2D eigenvalue weighted by atomic mass is 9.90. The van der Waals surface area contributed by atoms with Gasteiger partial charge in [0.25, 0.3) is 5.91 Å². The average molecular weight is 321 g/mol. The molecular weight excluding hydrogens is 296 g/mol. The van der Waals surface area contributed by atoms with Crippen LogP contribution in [-0.4, -0.2) is 36.0 Å². The molecule has 2 aliphatic heterocycles. The fourth-order valence-corrected chi connectivity index (χ4v) is 4.33. The topological polar surface area (TPSA) is 32.3 Å². The number of carbonyl (C=O) groups is 1. The van der Waals surface area contributed by atoms with Crippen molar-refractivity contribution in [2.24, 2.45) is 0 Å². The molecule has 22 heavy (non-hydrogen) atoms. The minimum absolute atomic E-state index is 0. The van der Waals surface area contributed by atoms with Crippen LogP contribution in [0.4, 0.5) is 0 Å². The van der Waals surface area contributed by atoms with Crippen molar-refractivity contribution in [3.63, 3.8) is 0 Å². The number of nitrogens with one attached hydrogen (secondary N) is 1. The van der Waals surface area contributed by atoms with Crippen LogP contribution in [0.1, 0.15) is 53.6 Å². The van der Waals surface area contributed by atoms with Crippen molar-refractivity contribution in [3.05, 3.63) is 34.9 Å². The Bertz CT molecular complexity index is 546. The van der Waals surface area contributed by atoms with Crippen LogP contribution in [-0.2, 0) is 12.8 Å². The van der Waals surface area contributed by atoms with Gasteiger partial charge >= 0.3 is 0 Å². The Morgan fingerprint density at radius 1 is 1.05 bits per heavy atom. The second-order valence-electron chi connectivity index (χ2n) is 6.78. The predicted octanol–water partition coefficient (Wildman–Crippen LogP) is 2.95. The summed E-state index contributed by atoms with van der Waals surface area (Å²) in [6.07, 6.45) is 8.34. The predicted molar refractivity (Wildman–Crippen MR) is 90.8 cm³/mol. The molecule has 3 nitrogen and oxygen atoms in total. The highest BCUT2D eigenvalue weighted by molar-refractivity contribution is 5.95. The Kier molecular flexibility index (Phi) is 4.74. The van der Waals surface area contributed by atoms with Crippen LogP contribution in [0.15, 0.2) is 18.2 Å². The Labute approximate surface area is 138 Å². The molecule has 2 heterocycles. The van der Waals surface area contributed by atoms with Crippen LogP contribution in [0.2, 0.25) is 0 Å². The lowest BCUT2D eigenvalue weighted by molar-refractivity contribution is 0.0680. The first-order chi connectivity index (χ1) is 10.3. The average Bonchev–Trinajstić information content (AvgIpc) is 2.79. The third-order valence-electron chi connectivity index (χ3n) is 5.48. The molecule has 4 rings (SSSR count). The fourth-order valence-electron chi connectivity index (χ4n) is 4.33. The van der Waals surface area contributed by atoms with E-state index in [9.17, 15) is 4.79 Å². The highest BCUT2D eigenvalue weighted by Crippen LogP contribution is 2.30. The molecule has 2 unspecified atom stereocenters. The number of fused-ring (bicyclic) bond motifs is 3. The van der Waals surface area contributed by atoms with Crippen molar-refractivity contribution in [2.45, 2.75) is 57.0 Å². The van der Waals surface area contributed by atoms with Gasteiger partial charge in [0.05, 0.1) is 0 Å². The van der Waals surface area contributed by atoms with Crippen LogP contribution in [0.3, 0.4) is 0 Å². The number of benzene rings is 1. The number of hydrogen-bond acceptors (Lipinski definition) is 2. The Morgan fingerprint density at radius 3 is 2.68 bits per heavy atom. The molecule has 2 fully saturated rings. The fraction of sp³-hybridized carbons (Fsp3) is 0.611. The number of nitrogens with zero attached hydrogens (tertiary/aromatic N) is 1. The molecule has 4 heteroatoms. The van der Waals surface area contributed by atoms with Gasteiger partial charge in [0.1, 0.15) is 0 Å². The number of hydrogen-bond donors (Lipinski definition) is 1. The minimum atomic E-state index is 0. The Morgan fingerprint density at radius 2 is 1.82 bits per heavy atom. The lowest BCUT2D eigenvalue weighted by Crippen LogP contribution is -2.42. The molecule has 1 amide bonds. The summed E-state index contributed by atoms with van der Waals surface area (Å²) in [6, 6.07) is 7.29. The van der Waals surface area contributed by atoms with E-state index in [1.807, 2.05) is 0 Å². The molecule has 2 bridgehead atoms. The van der Waals surface area contributed by atoms with Gasteiger partial charge in [0.2, 0.25) is 0 Å². The molecule has 0 aromatic heterocycles. The first-order valence-electron chi connectivity index (χ1n) is 8.48. The van der Waals surface area contributed by atoms with Crippen LogP contribution >= 0.6 is 12.4 Å². The normalized spacial score (nSPS) is 26.8. The molecule has 1 N–H and O–H groups in total. The van der Waals surface area contributed by atoms with Gasteiger partial charge in [-0.1, -0.05) is 6.07 Å². The molecule has 2 saturated heterocycles. The SMILES string of the molecule is Cl.O=C(c1ccc2c(c1)CCCC2)N1C2CCNCC1CC2. The smallest absolute Gasteiger partial charge is 0.254 e. The van der Waals surface area contributed by atoms with Gasteiger partial charge < -0.3 is 10.2 Å². The summed E-state index contributed by atoms with van der Waals surface area (Å²) in [6.45, 7) is 2.02. The van der Waals surface area contributed by atoms with Gasteiger partial charge in [-0.2, -0.15) is 0 Å². The molecule has 0 saturated carbocycles. The van der Waals surface area contributed by atoms with E-state index in [1.54, 1.807) is 0 Å². The second-order valence-corrected chi connectivity index (χ2v) is 6.78. The summed E-state index contributed by atoms with van der Waals surface area (Å²) in [5.74, 6) is 0.263. The van der Waals surface area contributed by atoms with Crippen molar-refractivity contribution in [2.75, 3.05) is 13.1 Å². The largest absolute Gasteiger partial charge is 0.331 e. The quantitative estimate of drug-likeness (QED) is 0.863. The maximum atomic E-state index is 13.0. The van der Waals surface area contributed by atoms with E-state index < -0.39 is 0 Å². The lowest BCUT2D eigenvalue weighted by Gasteiger charge is -2.28. The van der Waals surface area contributed by atoms with Crippen molar-refractivity contribution < 1.29 is 4.79 Å². The minimum Gasteiger partial charge on any atom is -0.331 e. The monoisotopic (exact) mass is 320 g/mol. The number of aryl methyl sites for hydroxylation is 2. The first-order valence-corrected chi connectivity index (χ1v) is 8.48. The van der Waals surface area contributed by atoms with E-state index in [0.29, 0.717) is 12.1 Å². The summed E-state index contributed by atoms with van der Waals surface area (Å²) in [4.78, 5) is 15.2. The van der Waals surface area contributed by atoms with Gasteiger partial charge in [-0.25, -0.2) is 0 Å². The number of carbonyl (C=O) groups excluding carboxylic acids is 1. The molecule has 1 aliphatic carbocycles. The Balaban J connectivity index is 0.00000144. The number of amides is 1. The molecule has 1 aromatic rings. The highest BCUT2D eigenvalue weighted by Gasteiger charge is 2.38. The van der Waals surface area contributed by atoms with Crippen LogP contribution in [0.25, 0.3) is 0 Å². The third-order valence-corrected chi connectivity index (χ3v) is 5.48. The van der Waals surface area contributed by atoms with Gasteiger partial charge in [-0.3, -0.25) is 4.79 Å². The van der Waals surface area contributed by atoms with Crippen molar-refractivity contribution in [3.8, 4) is 0 Å². The summed E-state index contributed by atoms with van der Waals surface area (Å²) in [7, 11) is 0. The zero-order valence-electron chi connectivity index (χ0n) is 13.0. The maximum absolute atomic E-state index is 13.0. The maximum Gasteiger partial charge on any atom is 0.254 e. The molecule has 0 spiro atoms. The summed E-state index contributed by atoms with van der Waals surface area (Å²) < 4.78 is 0. The van der Waals surface area contributed by atoms with E-state index in [2.05, 4.69) is 28.4 Å². The van der Waals surface area contributed by atoms with E-state index in [0.717, 1.165) is 37.9 Å². The van der Waals surface area contributed by atoms with Gasteiger partial charge in [-0.15, -0.1) is 12.4 Å². The van der Waals surface area contributed by atoms with Crippen molar-refractivity contribution >= 4 is 18.3 Å². The standard InChI is InChI=1S/C18H24N2O.ClH/c21-18(20-16-7-8-17(20)12-19-10-9-16)15-6-5-13-3-1-2-4-14(13)11-15;/h5-6,11,16-17,19H,1-4,7-10,12H2;1H. The molecule has 2 atom stereocenters. The van der Waals surface area contributed by atoms with Crippen LogP contribution in [0, 0.1) is 0 Å². The van der Waals surface area contributed by atoms with Crippen molar-refractivity contribution in [1.82, 2.24) is 10.2 Å². The second kappa shape index (κ2) is 6.59. The van der Waals surface area contributed by atoms with E-state index in [1.165, 1.54) is 36.8 Å². The zero-order chi connectivity index (χ0) is 14.2. The van der Waals surface area contributed by atoms with E-state index in [4.69, 9.17) is 0 Å². The number of halogens is 1. The van der Waals surface area contributed by atoms with E-state index >= 15 is 0 Å². The number of rotatable bonds is 1. The first kappa shape index (κ1) is 15.8. The Hall–Kier alpha value is -1.06. The zero-order valence-corrected chi connectivity index (χ0v) is 13.8. The highest BCUT2D eigenvalue weighted by atomic mass is 35.5. The van der Waals surface area contributed by atoms with E-state index in [-0.39, 0.29) is 18.3 Å². The molecule has 0 radical (unpaired) electrons. The van der Waals surface area contributed by atoms with Crippen molar-refractivity contribution in [1.29, 1.82) is 0 Å². The molecule has 3 aliphatic rings. The van der Waals surface area contributed by atoms with Gasteiger partial charge in [0, 0.05) is 24.2 Å². The molecular formula is C18H25ClN2O. The van der Waals surface area contributed by atoms with Gasteiger partial charge in [0.15, 0.2) is 0 Å². The van der Waals surface area contributed by atoms with Gasteiger partial charge in [-0.05, 0) is 74.8 Å². The van der Waals surface area contributed by atoms with Crippen LogP contribution < -0.4 is 5.32 Å². The molecule has 1 aromatic carbocycles. The summed E-state index contributed by atoms with van der Waals surface area (Å²) in [5, 5.41) is 3.47. The third kappa shape index (κ3) is 2.77.